The van der Waals surface area contributed by atoms with Crippen molar-refractivity contribution in [2.75, 3.05) is 19.6 Å². The molecule has 0 unspecified atom stereocenters. The molecule has 5 nitrogen and oxygen atoms in total. The molecule has 4 heterocycles. The van der Waals surface area contributed by atoms with E-state index in [1.54, 1.807) is 12.1 Å². The predicted octanol–water partition coefficient (Wildman–Crippen LogP) is 2.30. The molecule has 1 aromatic heterocycles. The van der Waals surface area contributed by atoms with Crippen LogP contribution in [0.15, 0.2) is 34.9 Å². The van der Waals surface area contributed by atoms with Gasteiger partial charge in [-0.2, -0.15) is 0 Å². The van der Waals surface area contributed by atoms with Crippen LogP contribution < -0.4 is 5.32 Å². The van der Waals surface area contributed by atoms with Crippen LogP contribution in [0.2, 0.25) is 0 Å². The Bertz CT molecular complexity index is 722. The Kier molecular flexibility index (Phi) is 3.61. The summed E-state index contributed by atoms with van der Waals surface area (Å²) in [6, 6.07) is 6.20. The van der Waals surface area contributed by atoms with Crippen molar-refractivity contribution in [2.45, 2.75) is 18.9 Å². The number of carbonyl (C=O) groups is 1. The SMILES string of the molecule is O=C(N[C@H]1CN2CCC1CC2)c1ncc(-c2cccc(F)c2)o1. The van der Waals surface area contributed by atoms with Gasteiger partial charge in [0.2, 0.25) is 0 Å². The second-order valence-electron chi connectivity index (χ2n) is 6.26. The molecule has 0 aliphatic carbocycles. The summed E-state index contributed by atoms with van der Waals surface area (Å²) < 4.78 is 18.8. The van der Waals surface area contributed by atoms with Crippen LogP contribution in [0, 0.1) is 11.7 Å². The van der Waals surface area contributed by atoms with Crippen LogP contribution in [0.1, 0.15) is 23.5 Å². The van der Waals surface area contributed by atoms with Crippen molar-refractivity contribution in [3.63, 3.8) is 0 Å². The van der Waals surface area contributed by atoms with Crippen LogP contribution in [-0.4, -0.2) is 41.5 Å². The fourth-order valence-corrected chi connectivity index (χ4v) is 3.51. The number of benzene rings is 1. The molecule has 0 saturated carbocycles. The Morgan fingerprint density at radius 1 is 1.35 bits per heavy atom. The van der Waals surface area contributed by atoms with Crippen molar-refractivity contribution in [3.05, 3.63) is 42.2 Å². The third-order valence-electron chi connectivity index (χ3n) is 4.78. The molecule has 5 rings (SSSR count). The molecule has 1 amide bonds. The molecule has 2 aromatic rings. The molecule has 3 fully saturated rings. The van der Waals surface area contributed by atoms with Crippen LogP contribution in [0.3, 0.4) is 0 Å². The molecule has 3 saturated heterocycles. The van der Waals surface area contributed by atoms with E-state index >= 15 is 0 Å². The number of nitrogens with one attached hydrogen (secondary N) is 1. The lowest BCUT2D eigenvalue weighted by Crippen LogP contribution is -2.57. The molecule has 1 aromatic carbocycles. The predicted molar refractivity (Wildman–Crippen MR) is 82.3 cm³/mol. The molecule has 1 atom stereocenters. The zero-order valence-corrected chi connectivity index (χ0v) is 12.7. The number of piperidine rings is 3. The standard InChI is InChI=1S/C17H18FN3O2/c18-13-3-1-2-12(8-13)15-9-19-17(23-15)16(22)20-14-10-21-6-4-11(14)5-7-21/h1-3,8-9,11,14H,4-7,10H2,(H,20,22)/t14-/m0/s1. The molecular formula is C17H18FN3O2. The molecule has 0 spiro atoms. The van der Waals surface area contributed by atoms with Crippen LogP contribution >= 0.6 is 0 Å². The van der Waals surface area contributed by atoms with Crippen LogP contribution in [0.4, 0.5) is 4.39 Å². The van der Waals surface area contributed by atoms with Crippen LogP contribution in [0.25, 0.3) is 11.3 Å². The highest BCUT2D eigenvalue weighted by molar-refractivity contribution is 5.90. The summed E-state index contributed by atoms with van der Waals surface area (Å²) in [5.74, 6) is 0.314. The van der Waals surface area contributed by atoms with Crippen molar-refractivity contribution >= 4 is 5.91 Å². The fraction of sp³-hybridized carbons (Fsp3) is 0.412. The first kappa shape index (κ1) is 14.4. The van der Waals surface area contributed by atoms with Gasteiger partial charge in [0.05, 0.1) is 6.20 Å². The van der Waals surface area contributed by atoms with E-state index in [0.717, 1.165) is 32.5 Å². The number of hydrogen-bond acceptors (Lipinski definition) is 4. The van der Waals surface area contributed by atoms with E-state index in [1.165, 1.54) is 18.3 Å². The number of carbonyl (C=O) groups excluding carboxylic acids is 1. The van der Waals surface area contributed by atoms with Gasteiger partial charge >= 0.3 is 5.91 Å². The largest absolute Gasteiger partial charge is 0.432 e. The average Bonchev–Trinajstić information content (AvgIpc) is 3.06. The second-order valence-corrected chi connectivity index (χ2v) is 6.26. The van der Waals surface area contributed by atoms with Crippen molar-refractivity contribution in [2.24, 2.45) is 5.92 Å². The summed E-state index contributed by atoms with van der Waals surface area (Å²) in [7, 11) is 0. The summed E-state index contributed by atoms with van der Waals surface area (Å²) in [4.78, 5) is 18.7. The normalized spacial score (nSPS) is 26.2. The summed E-state index contributed by atoms with van der Waals surface area (Å²) in [5.41, 5.74) is 0.569. The molecule has 6 heteroatoms. The van der Waals surface area contributed by atoms with E-state index in [2.05, 4.69) is 15.2 Å². The quantitative estimate of drug-likeness (QED) is 0.944. The van der Waals surface area contributed by atoms with Gasteiger partial charge in [-0.25, -0.2) is 9.37 Å². The Hall–Kier alpha value is -2.21. The zero-order valence-electron chi connectivity index (χ0n) is 12.7. The summed E-state index contributed by atoms with van der Waals surface area (Å²) in [5, 5.41) is 3.03. The number of halogens is 1. The molecular weight excluding hydrogens is 297 g/mol. The second kappa shape index (κ2) is 5.77. The van der Waals surface area contributed by atoms with Gasteiger partial charge in [0.25, 0.3) is 5.89 Å². The van der Waals surface area contributed by atoms with Crippen molar-refractivity contribution < 1.29 is 13.6 Å². The molecule has 0 radical (unpaired) electrons. The highest BCUT2D eigenvalue weighted by atomic mass is 19.1. The third-order valence-corrected chi connectivity index (χ3v) is 4.78. The first-order chi connectivity index (χ1) is 11.2. The molecule has 120 valence electrons. The van der Waals surface area contributed by atoms with Crippen LogP contribution in [-0.2, 0) is 0 Å². The number of aromatic nitrogens is 1. The van der Waals surface area contributed by atoms with Gasteiger partial charge in [0.15, 0.2) is 5.76 Å². The fourth-order valence-electron chi connectivity index (χ4n) is 3.51. The minimum atomic E-state index is -0.350. The minimum Gasteiger partial charge on any atom is -0.432 e. The monoisotopic (exact) mass is 315 g/mol. The van der Waals surface area contributed by atoms with Gasteiger partial charge in [-0.15, -0.1) is 0 Å². The Balaban J connectivity index is 1.47. The highest BCUT2D eigenvalue weighted by Gasteiger charge is 2.35. The summed E-state index contributed by atoms with van der Waals surface area (Å²) in [6.45, 7) is 3.15. The Morgan fingerprint density at radius 2 is 2.17 bits per heavy atom. The maximum Gasteiger partial charge on any atom is 0.307 e. The number of fused-ring (bicyclic) bond motifs is 3. The number of amides is 1. The van der Waals surface area contributed by atoms with Gasteiger partial charge in [0.1, 0.15) is 5.82 Å². The molecule has 23 heavy (non-hydrogen) atoms. The number of oxazole rings is 1. The van der Waals surface area contributed by atoms with Crippen LogP contribution in [0.5, 0.6) is 0 Å². The average molecular weight is 315 g/mol. The highest BCUT2D eigenvalue weighted by Crippen LogP contribution is 2.28. The van der Waals surface area contributed by atoms with Gasteiger partial charge in [-0.1, -0.05) is 12.1 Å². The van der Waals surface area contributed by atoms with Gasteiger partial charge < -0.3 is 14.6 Å². The van der Waals surface area contributed by atoms with E-state index in [0.29, 0.717) is 17.2 Å². The lowest BCUT2D eigenvalue weighted by atomic mass is 9.84. The first-order valence-corrected chi connectivity index (χ1v) is 7.94. The van der Waals surface area contributed by atoms with Gasteiger partial charge in [0, 0.05) is 18.2 Å². The summed E-state index contributed by atoms with van der Waals surface area (Å²) in [6.07, 6.45) is 3.72. The van der Waals surface area contributed by atoms with Crippen molar-refractivity contribution in [1.82, 2.24) is 15.2 Å². The maximum atomic E-state index is 13.3. The third kappa shape index (κ3) is 2.86. The molecule has 3 aliphatic rings. The number of nitrogens with zero attached hydrogens (tertiary/aromatic N) is 2. The lowest BCUT2D eigenvalue weighted by molar-refractivity contribution is 0.0602. The van der Waals surface area contributed by atoms with Crippen molar-refractivity contribution in [1.29, 1.82) is 0 Å². The minimum absolute atomic E-state index is 0.0284. The van der Waals surface area contributed by atoms with Crippen molar-refractivity contribution in [3.8, 4) is 11.3 Å². The van der Waals surface area contributed by atoms with E-state index in [1.807, 2.05) is 0 Å². The lowest BCUT2D eigenvalue weighted by Gasteiger charge is -2.44. The zero-order chi connectivity index (χ0) is 15.8. The van der Waals surface area contributed by atoms with E-state index in [-0.39, 0.29) is 23.7 Å². The van der Waals surface area contributed by atoms with E-state index in [4.69, 9.17) is 4.42 Å². The topological polar surface area (TPSA) is 58.4 Å². The first-order valence-electron chi connectivity index (χ1n) is 7.94. The number of rotatable bonds is 3. The Labute approximate surface area is 133 Å². The van der Waals surface area contributed by atoms with E-state index in [9.17, 15) is 9.18 Å². The molecule has 3 aliphatic heterocycles. The van der Waals surface area contributed by atoms with E-state index < -0.39 is 0 Å². The molecule has 2 bridgehead atoms. The van der Waals surface area contributed by atoms with Gasteiger partial charge in [-0.3, -0.25) is 4.79 Å². The summed E-state index contributed by atoms with van der Waals surface area (Å²) >= 11 is 0. The van der Waals surface area contributed by atoms with Gasteiger partial charge in [-0.05, 0) is 44.0 Å². The Morgan fingerprint density at radius 3 is 2.87 bits per heavy atom. The molecule has 1 N–H and O–H groups in total. The smallest absolute Gasteiger partial charge is 0.307 e. The number of hydrogen-bond donors (Lipinski definition) is 1. The maximum absolute atomic E-state index is 13.3.